The Morgan fingerprint density at radius 2 is 1.67 bits per heavy atom. The number of nitrogens with zero attached hydrogens (tertiary/aromatic N) is 2. The van der Waals surface area contributed by atoms with E-state index >= 15 is 0 Å². The summed E-state index contributed by atoms with van der Waals surface area (Å²) in [5.74, 6) is -0.496. The normalized spacial score (nSPS) is 11.2. The molecule has 2 aromatic carbocycles. The van der Waals surface area contributed by atoms with Crippen LogP contribution in [-0.4, -0.2) is 21.1 Å². The summed E-state index contributed by atoms with van der Waals surface area (Å²) in [4.78, 5) is 25.2. The fraction of sp³-hybridized carbons (Fsp3) is 0.304. The summed E-state index contributed by atoms with van der Waals surface area (Å²) in [5, 5.41) is 10.0. The maximum Gasteiger partial charge on any atom is 0.366 e. The summed E-state index contributed by atoms with van der Waals surface area (Å²) >= 11 is 0. The Morgan fingerprint density at radius 1 is 1.00 bits per heavy atom. The van der Waals surface area contributed by atoms with Gasteiger partial charge in [0.25, 0.3) is 5.56 Å². The number of hydrogen-bond donors (Lipinski definition) is 1. The second-order valence-corrected chi connectivity index (χ2v) is 7.42. The number of halogens is 1. The first-order valence-electron chi connectivity index (χ1n) is 9.82. The zero-order valence-electron chi connectivity index (χ0n) is 17.0. The van der Waals surface area contributed by atoms with E-state index in [1.807, 2.05) is 44.2 Å². The zero-order chi connectivity index (χ0) is 21.7. The van der Waals surface area contributed by atoms with Crippen LogP contribution in [0.3, 0.4) is 0 Å². The minimum atomic E-state index is -0.836. The van der Waals surface area contributed by atoms with Gasteiger partial charge in [0.2, 0.25) is 0 Å². The lowest BCUT2D eigenvalue weighted by molar-refractivity contribution is 0.0630. The average Bonchev–Trinajstić information content (AvgIpc) is 2.73. The van der Waals surface area contributed by atoms with Crippen molar-refractivity contribution < 1.29 is 14.3 Å². The van der Waals surface area contributed by atoms with Crippen LogP contribution in [0.2, 0.25) is 0 Å². The third-order valence-electron chi connectivity index (χ3n) is 4.93. The summed E-state index contributed by atoms with van der Waals surface area (Å²) in [6.07, 6.45) is 0.903. The lowest BCUT2D eigenvalue weighted by Gasteiger charge is -2.19. The van der Waals surface area contributed by atoms with E-state index in [9.17, 15) is 19.2 Å². The molecule has 7 heteroatoms. The lowest BCUT2D eigenvalue weighted by Crippen LogP contribution is -2.43. The van der Waals surface area contributed by atoms with Crippen LogP contribution in [-0.2, 0) is 24.3 Å². The predicted molar refractivity (Wildman–Crippen MR) is 112 cm³/mol. The van der Waals surface area contributed by atoms with Crippen molar-refractivity contribution >= 4 is 0 Å². The number of aromatic nitrogens is 2. The van der Waals surface area contributed by atoms with E-state index in [-0.39, 0.29) is 23.2 Å². The van der Waals surface area contributed by atoms with Crippen molar-refractivity contribution in [2.75, 3.05) is 6.61 Å². The monoisotopic (exact) mass is 412 g/mol. The first kappa shape index (κ1) is 21.5. The lowest BCUT2D eigenvalue weighted by atomic mass is 9.98. The van der Waals surface area contributed by atoms with Crippen molar-refractivity contribution in [3.63, 3.8) is 0 Å². The average molecular weight is 412 g/mol. The van der Waals surface area contributed by atoms with Crippen LogP contribution in [0.5, 0.6) is 0 Å². The number of benzene rings is 2. The van der Waals surface area contributed by atoms with Crippen LogP contribution in [0.25, 0.3) is 0 Å². The highest BCUT2D eigenvalue weighted by molar-refractivity contribution is 5.29. The predicted octanol–water partition coefficient (Wildman–Crippen LogP) is 3.32. The highest BCUT2D eigenvalue weighted by Gasteiger charge is 2.21. The van der Waals surface area contributed by atoms with Crippen LogP contribution in [0, 0.1) is 5.82 Å². The molecule has 3 rings (SSSR count). The molecule has 0 aliphatic carbocycles. The van der Waals surface area contributed by atoms with E-state index in [0.29, 0.717) is 30.7 Å². The first-order valence-corrected chi connectivity index (χ1v) is 9.82. The SMILES string of the molecule is CC(C)c1c(Cc2ccccc2)n(COCCc2ccc(F)cc2)c(=O)n(O)c1=O. The maximum atomic E-state index is 13.0. The van der Waals surface area contributed by atoms with E-state index in [2.05, 4.69) is 0 Å². The van der Waals surface area contributed by atoms with Gasteiger partial charge in [-0.25, -0.2) is 9.18 Å². The first-order chi connectivity index (χ1) is 14.4. The van der Waals surface area contributed by atoms with Gasteiger partial charge in [0.05, 0.1) is 6.61 Å². The minimum absolute atomic E-state index is 0.108. The highest BCUT2D eigenvalue weighted by Crippen LogP contribution is 2.18. The van der Waals surface area contributed by atoms with Crippen molar-refractivity contribution in [3.05, 3.63) is 104 Å². The van der Waals surface area contributed by atoms with Crippen LogP contribution in [0.4, 0.5) is 4.39 Å². The van der Waals surface area contributed by atoms with Crippen molar-refractivity contribution in [1.82, 2.24) is 9.30 Å². The molecule has 0 fully saturated rings. The molecule has 0 unspecified atom stereocenters. The topological polar surface area (TPSA) is 73.5 Å². The van der Waals surface area contributed by atoms with Crippen LogP contribution in [0.1, 0.15) is 42.1 Å². The molecule has 158 valence electrons. The molecule has 0 atom stereocenters. The third kappa shape index (κ3) is 4.86. The molecule has 1 N–H and O–H groups in total. The Hall–Kier alpha value is -3.19. The molecule has 30 heavy (non-hydrogen) atoms. The Morgan fingerprint density at radius 3 is 2.30 bits per heavy atom. The van der Waals surface area contributed by atoms with Crippen molar-refractivity contribution in [2.24, 2.45) is 0 Å². The Kier molecular flexibility index (Phi) is 6.84. The summed E-state index contributed by atoms with van der Waals surface area (Å²) in [6.45, 7) is 3.87. The Bertz CT molecular complexity index is 1100. The molecule has 0 aliphatic rings. The van der Waals surface area contributed by atoms with Crippen molar-refractivity contribution in [3.8, 4) is 0 Å². The standard InChI is InChI=1S/C23H25FN2O4/c1-16(2)21-20(14-18-6-4-3-5-7-18)25(23(28)26(29)22(21)27)15-30-13-12-17-8-10-19(24)11-9-17/h3-11,16,29H,12-15H2,1-2H3. The number of rotatable bonds is 8. The third-order valence-corrected chi connectivity index (χ3v) is 4.93. The molecule has 0 saturated heterocycles. The fourth-order valence-corrected chi connectivity index (χ4v) is 3.39. The molecule has 6 nitrogen and oxygen atoms in total. The molecule has 0 saturated carbocycles. The van der Waals surface area contributed by atoms with Gasteiger partial charge in [-0.15, -0.1) is 0 Å². The molecule has 3 aromatic rings. The number of hydrogen-bond acceptors (Lipinski definition) is 4. The molecule has 0 aliphatic heterocycles. The molecular formula is C23H25FN2O4. The minimum Gasteiger partial charge on any atom is -0.421 e. The molecular weight excluding hydrogens is 387 g/mol. The van der Waals surface area contributed by atoms with Gasteiger partial charge in [0.15, 0.2) is 0 Å². The van der Waals surface area contributed by atoms with Gasteiger partial charge >= 0.3 is 5.69 Å². The zero-order valence-corrected chi connectivity index (χ0v) is 17.0. The quantitative estimate of drug-likeness (QED) is 0.455. The van der Waals surface area contributed by atoms with Gasteiger partial charge in [-0.3, -0.25) is 9.36 Å². The summed E-state index contributed by atoms with van der Waals surface area (Å²) in [6, 6.07) is 15.6. The smallest absolute Gasteiger partial charge is 0.366 e. The molecule has 0 amide bonds. The van der Waals surface area contributed by atoms with Gasteiger partial charge in [0, 0.05) is 17.7 Å². The summed E-state index contributed by atoms with van der Waals surface area (Å²) < 4.78 is 20.1. The van der Waals surface area contributed by atoms with Gasteiger partial charge < -0.3 is 9.94 Å². The molecule has 0 bridgehead atoms. The maximum absolute atomic E-state index is 13.0. The second-order valence-electron chi connectivity index (χ2n) is 7.42. The van der Waals surface area contributed by atoms with E-state index in [1.165, 1.54) is 16.7 Å². The van der Waals surface area contributed by atoms with E-state index in [0.717, 1.165) is 11.1 Å². The van der Waals surface area contributed by atoms with Crippen LogP contribution in [0.15, 0.2) is 64.2 Å². The fourth-order valence-electron chi connectivity index (χ4n) is 3.39. The Balaban J connectivity index is 1.88. The number of ether oxygens (including phenoxy) is 1. The molecule has 0 spiro atoms. The van der Waals surface area contributed by atoms with Crippen molar-refractivity contribution in [1.29, 1.82) is 0 Å². The summed E-state index contributed by atoms with van der Waals surface area (Å²) in [7, 11) is 0. The molecule has 1 aromatic heterocycles. The van der Waals surface area contributed by atoms with Crippen LogP contribution >= 0.6 is 0 Å². The van der Waals surface area contributed by atoms with Crippen LogP contribution < -0.4 is 11.2 Å². The van der Waals surface area contributed by atoms with Gasteiger partial charge in [-0.1, -0.05) is 61.0 Å². The second kappa shape index (κ2) is 9.54. The van der Waals surface area contributed by atoms with Gasteiger partial charge in [0.1, 0.15) is 12.5 Å². The van der Waals surface area contributed by atoms with Gasteiger partial charge in [-0.05, 0) is 35.6 Å². The largest absolute Gasteiger partial charge is 0.421 e. The molecule has 1 heterocycles. The van der Waals surface area contributed by atoms with E-state index in [1.54, 1.807) is 12.1 Å². The molecule has 0 radical (unpaired) electrons. The Labute approximate surface area is 173 Å². The van der Waals surface area contributed by atoms with E-state index < -0.39 is 11.2 Å². The van der Waals surface area contributed by atoms with E-state index in [4.69, 9.17) is 4.74 Å². The van der Waals surface area contributed by atoms with Gasteiger partial charge in [-0.2, -0.15) is 0 Å². The van der Waals surface area contributed by atoms with Crippen molar-refractivity contribution in [2.45, 2.75) is 39.3 Å². The highest BCUT2D eigenvalue weighted by atomic mass is 19.1. The summed E-state index contributed by atoms with van der Waals surface area (Å²) in [5.41, 5.74) is 1.21.